The van der Waals surface area contributed by atoms with E-state index in [1.54, 1.807) is 19.3 Å². The third-order valence-corrected chi connectivity index (χ3v) is 3.00. The van der Waals surface area contributed by atoms with Crippen LogP contribution in [0.4, 0.5) is 5.95 Å². The van der Waals surface area contributed by atoms with Gasteiger partial charge in [0.15, 0.2) is 5.78 Å². The second-order valence-electron chi connectivity index (χ2n) is 4.38. The first-order chi connectivity index (χ1) is 7.68. The molecule has 1 aromatic rings. The molecule has 1 aliphatic rings. The molecule has 2 heterocycles. The Morgan fingerprint density at radius 1 is 1.38 bits per heavy atom. The Morgan fingerprint density at radius 3 is 2.69 bits per heavy atom. The van der Waals surface area contributed by atoms with Crippen LogP contribution in [0, 0.1) is 6.92 Å². The van der Waals surface area contributed by atoms with Gasteiger partial charge in [-0.25, -0.2) is 9.97 Å². The Labute approximate surface area is 95.7 Å². The van der Waals surface area contributed by atoms with Gasteiger partial charge in [-0.15, -0.1) is 0 Å². The Balaban J connectivity index is 2.23. The summed E-state index contributed by atoms with van der Waals surface area (Å²) >= 11 is 0. The van der Waals surface area contributed by atoms with Crippen molar-refractivity contribution in [2.75, 3.05) is 11.4 Å². The zero-order valence-corrected chi connectivity index (χ0v) is 9.81. The molecule has 1 fully saturated rings. The van der Waals surface area contributed by atoms with E-state index in [1.807, 2.05) is 11.8 Å². The highest BCUT2D eigenvalue weighted by molar-refractivity contribution is 5.84. The molecule has 0 aliphatic carbocycles. The Kier molecular flexibility index (Phi) is 3.17. The summed E-state index contributed by atoms with van der Waals surface area (Å²) in [6.45, 7) is 4.49. The average Bonchev–Trinajstić information content (AvgIpc) is 2.30. The zero-order chi connectivity index (χ0) is 11.5. The van der Waals surface area contributed by atoms with E-state index in [9.17, 15) is 4.79 Å². The topological polar surface area (TPSA) is 46.1 Å². The van der Waals surface area contributed by atoms with Gasteiger partial charge in [0.25, 0.3) is 0 Å². The van der Waals surface area contributed by atoms with Gasteiger partial charge in [-0.2, -0.15) is 0 Å². The highest BCUT2D eigenvalue weighted by Crippen LogP contribution is 2.21. The van der Waals surface area contributed by atoms with E-state index < -0.39 is 0 Å². The minimum absolute atomic E-state index is 0.0311. The second kappa shape index (κ2) is 4.60. The van der Waals surface area contributed by atoms with Crippen LogP contribution in [0.15, 0.2) is 12.4 Å². The highest BCUT2D eigenvalue weighted by Gasteiger charge is 2.27. The Hall–Kier alpha value is -1.45. The molecule has 1 unspecified atom stereocenters. The fourth-order valence-corrected chi connectivity index (χ4v) is 2.13. The molecule has 1 atom stereocenters. The van der Waals surface area contributed by atoms with Crippen molar-refractivity contribution in [2.24, 2.45) is 0 Å². The lowest BCUT2D eigenvalue weighted by atomic mass is 10.00. The molecule has 0 N–H and O–H groups in total. The smallest absolute Gasteiger partial charge is 0.225 e. The summed E-state index contributed by atoms with van der Waals surface area (Å²) in [4.78, 5) is 22.2. The van der Waals surface area contributed by atoms with Gasteiger partial charge in [0.2, 0.25) is 5.95 Å². The van der Waals surface area contributed by atoms with Crippen molar-refractivity contribution in [1.82, 2.24) is 9.97 Å². The summed E-state index contributed by atoms with van der Waals surface area (Å²) in [7, 11) is 0. The standard InChI is InChI=1S/C12H17N3O/c1-9-7-13-12(14-8-9)15-6-4-3-5-11(15)10(2)16/h7-8,11H,3-6H2,1-2H3. The number of aryl methyl sites for hydroxylation is 1. The van der Waals surface area contributed by atoms with Crippen LogP contribution < -0.4 is 4.90 Å². The summed E-state index contributed by atoms with van der Waals surface area (Å²) < 4.78 is 0. The van der Waals surface area contributed by atoms with Crippen molar-refractivity contribution < 1.29 is 4.79 Å². The van der Waals surface area contributed by atoms with Crippen LogP contribution in [0.2, 0.25) is 0 Å². The molecule has 0 spiro atoms. The molecule has 1 saturated heterocycles. The maximum atomic E-state index is 11.6. The van der Waals surface area contributed by atoms with Crippen molar-refractivity contribution in [3.63, 3.8) is 0 Å². The maximum absolute atomic E-state index is 11.6. The molecule has 86 valence electrons. The maximum Gasteiger partial charge on any atom is 0.225 e. The van der Waals surface area contributed by atoms with Gasteiger partial charge < -0.3 is 4.90 Å². The summed E-state index contributed by atoms with van der Waals surface area (Å²) in [5.41, 5.74) is 1.04. The fraction of sp³-hybridized carbons (Fsp3) is 0.583. The highest BCUT2D eigenvalue weighted by atomic mass is 16.1. The minimum Gasteiger partial charge on any atom is -0.331 e. The van der Waals surface area contributed by atoms with E-state index in [4.69, 9.17) is 0 Å². The average molecular weight is 219 g/mol. The van der Waals surface area contributed by atoms with E-state index in [-0.39, 0.29) is 11.8 Å². The predicted octanol–water partition coefficient (Wildman–Crippen LogP) is 1.73. The monoisotopic (exact) mass is 219 g/mol. The third kappa shape index (κ3) is 2.21. The number of aromatic nitrogens is 2. The summed E-state index contributed by atoms with van der Waals surface area (Å²) in [5.74, 6) is 0.898. The molecule has 2 rings (SSSR count). The van der Waals surface area contributed by atoms with Gasteiger partial charge in [0.1, 0.15) is 0 Å². The van der Waals surface area contributed by atoms with Crippen molar-refractivity contribution in [3.05, 3.63) is 18.0 Å². The van der Waals surface area contributed by atoms with Gasteiger partial charge in [-0.3, -0.25) is 4.79 Å². The number of anilines is 1. The quantitative estimate of drug-likeness (QED) is 0.760. The molecule has 1 aromatic heterocycles. The first kappa shape index (κ1) is 11.0. The van der Waals surface area contributed by atoms with Gasteiger partial charge in [0, 0.05) is 18.9 Å². The minimum atomic E-state index is -0.0311. The molecule has 0 saturated carbocycles. The van der Waals surface area contributed by atoms with Crippen molar-refractivity contribution in [1.29, 1.82) is 0 Å². The summed E-state index contributed by atoms with van der Waals surface area (Å²) in [6, 6.07) is -0.0311. The van der Waals surface area contributed by atoms with Gasteiger partial charge in [0.05, 0.1) is 6.04 Å². The fourth-order valence-electron chi connectivity index (χ4n) is 2.13. The van der Waals surface area contributed by atoms with Crippen molar-refractivity contribution in [3.8, 4) is 0 Å². The van der Waals surface area contributed by atoms with Crippen LogP contribution in [0.25, 0.3) is 0 Å². The lowest BCUT2D eigenvalue weighted by Crippen LogP contribution is -2.44. The van der Waals surface area contributed by atoms with Crippen LogP contribution in [0.5, 0.6) is 0 Å². The molecule has 0 bridgehead atoms. The van der Waals surface area contributed by atoms with Gasteiger partial charge >= 0.3 is 0 Å². The molecule has 0 aromatic carbocycles. The Morgan fingerprint density at radius 2 is 2.06 bits per heavy atom. The number of ketones is 1. The SMILES string of the molecule is CC(=O)C1CCCCN1c1ncc(C)cn1. The molecule has 4 nitrogen and oxygen atoms in total. The molecule has 4 heteroatoms. The molecule has 16 heavy (non-hydrogen) atoms. The number of Topliss-reactive ketones (excluding diaryl/α,β-unsaturated/α-hetero) is 1. The van der Waals surface area contributed by atoms with Crippen LogP contribution in [-0.2, 0) is 4.79 Å². The number of carbonyl (C=O) groups is 1. The van der Waals surface area contributed by atoms with E-state index in [0.717, 1.165) is 31.4 Å². The Bertz CT molecular complexity index is 374. The predicted molar refractivity (Wildman–Crippen MR) is 62.4 cm³/mol. The number of hydrogen-bond donors (Lipinski definition) is 0. The molecule has 0 amide bonds. The first-order valence-electron chi connectivity index (χ1n) is 5.74. The number of piperidine rings is 1. The van der Waals surface area contributed by atoms with Crippen LogP contribution in [-0.4, -0.2) is 28.3 Å². The normalized spacial score (nSPS) is 20.9. The summed E-state index contributed by atoms with van der Waals surface area (Å²) in [6.07, 6.45) is 6.75. The van der Waals surface area contributed by atoms with E-state index in [2.05, 4.69) is 9.97 Å². The lowest BCUT2D eigenvalue weighted by Gasteiger charge is -2.34. The molecule has 0 radical (unpaired) electrons. The van der Waals surface area contributed by atoms with E-state index in [1.165, 1.54) is 0 Å². The number of rotatable bonds is 2. The molecular formula is C12H17N3O. The van der Waals surface area contributed by atoms with Crippen LogP contribution >= 0.6 is 0 Å². The number of hydrogen-bond acceptors (Lipinski definition) is 4. The van der Waals surface area contributed by atoms with E-state index in [0.29, 0.717) is 5.95 Å². The second-order valence-corrected chi connectivity index (χ2v) is 4.38. The van der Waals surface area contributed by atoms with Crippen molar-refractivity contribution in [2.45, 2.75) is 39.2 Å². The van der Waals surface area contributed by atoms with Crippen LogP contribution in [0.1, 0.15) is 31.7 Å². The lowest BCUT2D eigenvalue weighted by molar-refractivity contribution is -0.118. The van der Waals surface area contributed by atoms with Crippen LogP contribution in [0.3, 0.4) is 0 Å². The first-order valence-corrected chi connectivity index (χ1v) is 5.74. The molecular weight excluding hydrogens is 202 g/mol. The van der Waals surface area contributed by atoms with Crippen molar-refractivity contribution >= 4 is 11.7 Å². The zero-order valence-electron chi connectivity index (χ0n) is 9.81. The largest absolute Gasteiger partial charge is 0.331 e. The number of nitrogens with zero attached hydrogens (tertiary/aromatic N) is 3. The van der Waals surface area contributed by atoms with Gasteiger partial charge in [-0.05, 0) is 38.7 Å². The molecule has 1 aliphatic heterocycles. The van der Waals surface area contributed by atoms with E-state index >= 15 is 0 Å². The summed E-state index contributed by atoms with van der Waals surface area (Å²) in [5, 5.41) is 0. The third-order valence-electron chi connectivity index (χ3n) is 3.00. The van der Waals surface area contributed by atoms with Gasteiger partial charge in [-0.1, -0.05) is 0 Å². The number of carbonyl (C=O) groups excluding carboxylic acids is 1.